The van der Waals surface area contributed by atoms with E-state index in [1.807, 2.05) is 12.1 Å². The highest BCUT2D eigenvalue weighted by Crippen LogP contribution is 2.31. The molecule has 3 nitrogen and oxygen atoms in total. The van der Waals surface area contributed by atoms with Gasteiger partial charge in [0.15, 0.2) is 0 Å². The highest BCUT2D eigenvalue weighted by Gasteiger charge is 2.06. The summed E-state index contributed by atoms with van der Waals surface area (Å²) in [5, 5.41) is 3.85. The van der Waals surface area contributed by atoms with Crippen molar-refractivity contribution >= 4 is 15.9 Å². The zero-order valence-corrected chi connectivity index (χ0v) is 11.8. The van der Waals surface area contributed by atoms with E-state index in [9.17, 15) is 4.39 Å². The van der Waals surface area contributed by atoms with Crippen molar-refractivity contribution in [3.63, 3.8) is 0 Å². The molecule has 0 fully saturated rings. The van der Waals surface area contributed by atoms with E-state index in [-0.39, 0.29) is 5.82 Å². The van der Waals surface area contributed by atoms with Crippen molar-refractivity contribution in [3.8, 4) is 22.8 Å². The summed E-state index contributed by atoms with van der Waals surface area (Å²) < 4.78 is 24.3. The van der Waals surface area contributed by atoms with Crippen LogP contribution in [0.15, 0.2) is 63.8 Å². The van der Waals surface area contributed by atoms with E-state index in [1.54, 1.807) is 24.3 Å². The Morgan fingerprint density at radius 2 is 1.85 bits per heavy atom. The summed E-state index contributed by atoms with van der Waals surface area (Å²) in [7, 11) is 0. The van der Waals surface area contributed by atoms with Crippen LogP contribution in [-0.2, 0) is 0 Å². The number of halogens is 2. The lowest BCUT2D eigenvalue weighted by Gasteiger charge is -2.08. The van der Waals surface area contributed by atoms with Gasteiger partial charge in [0.25, 0.3) is 0 Å². The second kappa shape index (κ2) is 5.46. The van der Waals surface area contributed by atoms with Crippen molar-refractivity contribution in [2.45, 2.75) is 0 Å². The third-order valence-corrected chi connectivity index (χ3v) is 3.36. The van der Waals surface area contributed by atoms with E-state index < -0.39 is 0 Å². The molecular formula is C15H9BrFNO2. The van der Waals surface area contributed by atoms with Crippen LogP contribution in [0.25, 0.3) is 11.3 Å². The Morgan fingerprint density at radius 1 is 1.05 bits per heavy atom. The zero-order valence-electron chi connectivity index (χ0n) is 10.2. The summed E-state index contributed by atoms with van der Waals surface area (Å²) in [6.45, 7) is 0. The van der Waals surface area contributed by atoms with E-state index >= 15 is 0 Å². The normalized spacial score (nSPS) is 10.5. The quantitative estimate of drug-likeness (QED) is 0.673. The van der Waals surface area contributed by atoms with Gasteiger partial charge >= 0.3 is 0 Å². The Labute approximate surface area is 123 Å². The number of nitrogens with zero attached hydrogens (tertiary/aromatic N) is 1. The Bertz CT molecular complexity index is 711. The fraction of sp³-hybridized carbons (Fsp3) is 0. The summed E-state index contributed by atoms with van der Waals surface area (Å²) in [4.78, 5) is 0. The molecule has 0 radical (unpaired) electrons. The number of hydrogen-bond donors (Lipinski definition) is 0. The molecule has 0 unspecified atom stereocenters. The Hall–Kier alpha value is -2.14. The second-order valence-corrected chi connectivity index (χ2v) is 4.94. The maximum absolute atomic E-state index is 13.2. The Morgan fingerprint density at radius 3 is 2.55 bits per heavy atom. The fourth-order valence-corrected chi connectivity index (χ4v) is 2.07. The first kappa shape index (κ1) is 12.9. The maximum Gasteiger partial charge on any atom is 0.144 e. The van der Waals surface area contributed by atoms with Crippen LogP contribution in [0.4, 0.5) is 4.39 Å². The lowest BCUT2D eigenvalue weighted by molar-refractivity contribution is 0.422. The summed E-state index contributed by atoms with van der Waals surface area (Å²) in [6.07, 6.45) is 1.52. The van der Waals surface area contributed by atoms with E-state index in [4.69, 9.17) is 9.26 Å². The lowest BCUT2D eigenvalue weighted by atomic mass is 10.1. The Kier molecular flexibility index (Phi) is 3.52. The minimum Gasteiger partial charge on any atom is -0.456 e. The molecule has 5 heteroatoms. The first-order valence-electron chi connectivity index (χ1n) is 5.86. The van der Waals surface area contributed by atoms with Gasteiger partial charge in [-0.2, -0.15) is 0 Å². The third-order valence-electron chi connectivity index (χ3n) is 2.71. The number of aromatic nitrogens is 1. The fourth-order valence-electron chi connectivity index (χ4n) is 1.74. The largest absolute Gasteiger partial charge is 0.456 e. The standard InChI is InChI=1S/C15H9BrFNO2/c16-13-6-3-11(17)9-15(13)20-12-4-1-10(2-5-12)14-7-8-19-18-14/h1-9H. The van der Waals surface area contributed by atoms with Crippen LogP contribution < -0.4 is 4.74 Å². The molecular weight excluding hydrogens is 325 g/mol. The molecule has 1 heterocycles. The smallest absolute Gasteiger partial charge is 0.144 e. The highest BCUT2D eigenvalue weighted by atomic mass is 79.9. The van der Waals surface area contributed by atoms with Gasteiger partial charge in [0.05, 0.1) is 4.47 Å². The van der Waals surface area contributed by atoms with Gasteiger partial charge in [-0.05, 0) is 52.3 Å². The maximum atomic E-state index is 13.2. The molecule has 20 heavy (non-hydrogen) atoms. The minimum absolute atomic E-state index is 0.345. The number of benzene rings is 2. The van der Waals surface area contributed by atoms with Crippen LogP contribution in [0.1, 0.15) is 0 Å². The Balaban J connectivity index is 1.83. The molecule has 0 saturated heterocycles. The van der Waals surface area contributed by atoms with Crippen molar-refractivity contribution in [2.24, 2.45) is 0 Å². The van der Waals surface area contributed by atoms with Gasteiger partial charge in [-0.15, -0.1) is 0 Å². The predicted octanol–water partition coefficient (Wildman–Crippen LogP) is 5.04. The molecule has 0 saturated carbocycles. The highest BCUT2D eigenvalue weighted by molar-refractivity contribution is 9.10. The first-order chi connectivity index (χ1) is 9.72. The van der Waals surface area contributed by atoms with Gasteiger partial charge in [0, 0.05) is 17.7 Å². The number of rotatable bonds is 3. The van der Waals surface area contributed by atoms with E-state index in [0.29, 0.717) is 16.0 Å². The SMILES string of the molecule is Fc1ccc(Br)c(Oc2ccc(-c3ccon3)cc2)c1. The van der Waals surface area contributed by atoms with Gasteiger partial charge in [0.1, 0.15) is 29.3 Å². The molecule has 0 bridgehead atoms. The zero-order chi connectivity index (χ0) is 13.9. The minimum atomic E-state index is -0.345. The predicted molar refractivity (Wildman–Crippen MR) is 76.1 cm³/mol. The molecule has 2 aromatic carbocycles. The number of hydrogen-bond acceptors (Lipinski definition) is 3. The molecule has 0 aliphatic rings. The van der Waals surface area contributed by atoms with Crippen LogP contribution in [0, 0.1) is 5.82 Å². The summed E-state index contributed by atoms with van der Waals surface area (Å²) in [5.74, 6) is 0.699. The second-order valence-electron chi connectivity index (χ2n) is 4.09. The summed E-state index contributed by atoms with van der Waals surface area (Å²) in [5.41, 5.74) is 1.67. The molecule has 1 aromatic heterocycles. The van der Waals surface area contributed by atoms with Crippen molar-refractivity contribution in [2.75, 3.05) is 0 Å². The molecule has 0 aliphatic heterocycles. The molecule has 0 N–H and O–H groups in total. The van der Waals surface area contributed by atoms with Crippen LogP contribution >= 0.6 is 15.9 Å². The molecule has 3 rings (SSSR count). The van der Waals surface area contributed by atoms with E-state index in [0.717, 1.165) is 11.3 Å². The summed E-state index contributed by atoms with van der Waals surface area (Å²) in [6, 6.07) is 13.4. The van der Waals surface area contributed by atoms with Gasteiger partial charge < -0.3 is 9.26 Å². The molecule has 100 valence electrons. The van der Waals surface area contributed by atoms with Gasteiger partial charge in [-0.1, -0.05) is 5.16 Å². The monoisotopic (exact) mass is 333 g/mol. The van der Waals surface area contributed by atoms with Crippen molar-refractivity contribution < 1.29 is 13.7 Å². The van der Waals surface area contributed by atoms with Gasteiger partial charge in [0.2, 0.25) is 0 Å². The van der Waals surface area contributed by atoms with E-state index in [1.165, 1.54) is 18.4 Å². The summed E-state index contributed by atoms with van der Waals surface area (Å²) >= 11 is 3.32. The number of ether oxygens (including phenoxy) is 1. The van der Waals surface area contributed by atoms with Crippen molar-refractivity contribution in [3.05, 3.63) is 65.1 Å². The third kappa shape index (κ3) is 2.72. The molecule has 0 spiro atoms. The van der Waals surface area contributed by atoms with Gasteiger partial charge in [-0.3, -0.25) is 0 Å². The van der Waals surface area contributed by atoms with E-state index in [2.05, 4.69) is 21.1 Å². The van der Waals surface area contributed by atoms with Crippen LogP contribution in [0.3, 0.4) is 0 Å². The molecule has 0 amide bonds. The molecule has 0 aliphatic carbocycles. The van der Waals surface area contributed by atoms with Gasteiger partial charge in [-0.25, -0.2) is 4.39 Å². The van der Waals surface area contributed by atoms with Crippen LogP contribution in [0.5, 0.6) is 11.5 Å². The first-order valence-corrected chi connectivity index (χ1v) is 6.65. The van der Waals surface area contributed by atoms with Crippen LogP contribution in [-0.4, -0.2) is 5.16 Å². The topological polar surface area (TPSA) is 35.3 Å². The van der Waals surface area contributed by atoms with Crippen molar-refractivity contribution in [1.82, 2.24) is 5.16 Å². The molecule has 0 atom stereocenters. The molecule has 3 aromatic rings. The lowest BCUT2D eigenvalue weighted by Crippen LogP contribution is -1.87. The average molecular weight is 334 g/mol. The van der Waals surface area contributed by atoms with Crippen molar-refractivity contribution in [1.29, 1.82) is 0 Å². The average Bonchev–Trinajstić information content (AvgIpc) is 2.98. The van der Waals surface area contributed by atoms with Crippen LogP contribution in [0.2, 0.25) is 0 Å².